The Labute approximate surface area is 78.6 Å². The van der Waals surface area contributed by atoms with Gasteiger partial charge in [-0.2, -0.15) is 0 Å². The summed E-state index contributed by atoms with van der Waals surface area (Å²) in [5.41, 5.74) is 10.8. The van der Waals surface area contributed by atoms with Gasteiger partial charge in [0.25, 0.3) is 0 Å². The van der Waals surface area contributed by atoms with E-state index in [1.54, 1.807) is 0 Å². The maximum absolute atomic E-state index is 10.7. The molecule has 13 heavy (non-hydrogen) atoms. The first-order valence-electron chi connectivity index (χ1n) is 4.80. The molecule has 1 aliphatic heterocycles. The summed E-state index contributed by atoms with van der Waals surface area (Å²) in [6, 6.07) is 0. The molecule has 0 bridgehead atoms. The van der Waals surface area contributed by atoms with Gasteiger partial charge in [0, 0.05) is 19.6 Å². The van der Waals surface area contributed by atoms with Crippen LogP contribution >= 0.6 is 0 Å². The molecule has 0 radical (unpaired) electrons. The quantitative estimate of drug-likeness (QED) is 0.641. The van der Waals surface area contributed by atoms with Crippen LogP contribution in [0.4, 0.5) is 0 Å². The fourth-order valence-electron chi connectivity index (χ4n) is 1.89. The van der Waals surface area contributed by atoms with Gasteiger partial charge in [0.15, 0.2) is 0 Å². The Morgan fingerprint density at radius 3 is 2.54 bits per heavy atom. The zero-order valence-corrected chi connectivity index (χ0v) is 7.87. The van der Waals surface area contributed by atoms with E-state index in [9.17, 15) is 4.79 Å². The number of rotatable bonds is 4. The minimum Gasteiger partial charge on any atom is -0.381 e. The third-order valence-electron chi connectivity index (χ3n) is 2.70. The molecule has 1 aliphatic rings. The van der Waals surface area contributed by atoms with Gasteiger partial charge < -0.3 is 16.2 Å². The number of hydrogen-bond acceptors (Lipinski definition) is 3. The molecule has 4 N–H and O–H groups in total. The zero-order valence-electron chi connectivity index (χ0n) is 7.87. The van der Waals surface area contributed by atoms with Crippen LogP contribution in [0, 0.1) is 11.8 Å². The molecule has 0 aromatic heterocycles. The third kappa shape index (κ3) is 3.32. The largest absolute Gasteiger partial charge is 0.381 e. The lowest BCUT2D eigenvalue weighted by Gasteiger charge is -2.28. The smallest absolute Gasteiger partial charge is 0.217 e. The first-order chi connectivity index (χ1) is 6.24. The Balaban J connectivity index is 2.39. The van der Waals surface area contributed by atoms with Gasteiger partial charge in [-0.05, 0) is 31.2 Å². The van der Waals surface area contributed by atoms with Crippen LogP contribution in [0.2, 0.25) is 0 Å². The first kappa shape index (κ1) is 10.5. The molecule has 0 aliphatic carbocycles. The predicted molar refractivity (Wildman–Crippen MR) is 49.9 cm³/mol. The number of amides is 1. The van der Waals surface area contributed by atoms with E-state index in [1.807, 2.05) is 0 Å². The van der Waals surface area contributed by atoms with E-state index >= 15 is 0 Å². The highest BCUT2D eigenvalue weighted by molar-refractivity contribution is 5.74. The highest BCUT2D eigenvalue weighted by Crippen LogP contribution is 2.25. The summed E-state index contributed by atoms with van der Waals surface area (Å²) < 4.78 is 5.24. The van der Waals surface area contributed by atoms with Crippen molar-refractivity contribution in [2.24, 2.45) is 23.3 Å². The van der Waals surface area contributed by atoms with E-state index in [1.165, 1.54) is 0 Å². The van der Waals surface area contributed by atoms with Crippen molar-refractivity contribution in [1.82, 2.24) is 0 Å². The van der Waals surface area contributed by atoms with Crippen molar-refractivity contribution in [1.29, 1.82) is 0 Å². The van der Waals surface area contributed by atoms with E-state index in [-0.39, 0.29) is 11.8 Å². The van der Waals surface area contributed by atoms with Crippen LogP contribution in [0.5, 0.6) is 0 Å². The Kier molecular flexibility index (Phi) is 4.18. The predicted octanol–water partition coefficient (Wildman–Crippen LogP) is -0.137. The minimum absolute atomic E-state index is 0.248. The molecule has 0 spiro atoms. The van der Waals surface area contributed by atoms with Gasteiger partial charge in [0.2, 0.25) is 5.91 Å². The second kappa shape index (κ2) is 5.19. The van der Waals surface area contributed by atoms with Crippen LogP contribution in [0.1, 0.15) is 19.3 Å². The summed E-state index contributed by atoms with van der Waals surface area (Å²) in [6.07, 6.45) is 2.44. The lowest BCUT2D eigenvalue weighted by molar-refractivity contribution is -0.119. The second-order valence-electron chi connectivity index (χ2n) is 3.62. The van der Waals surface area contributed by atoms with Crippen LogP contribution < -0.4 is 11.5 Å². The van der Waals surface area contributed by atoms with Gasteiger partial charge in [-0.1, -0.05) is 0 Å². The van der Waals surface area contributed by atoms with Gasteiger partial charge >= 0.3 is 0 Å². The van der Waals surface area contributed by atoms with Crippen molar-refractivity contribution in [2.45, 2.75) is 19.3 Å². The number of carbonyl (C=O) groups is 1. The lowest BCUT2D eigenvalue weighted by atomic mass is 9.84. The van der Waals surface area contributed by atoms with Crippen LogP contribution in [0.3, 0.4) is 0 Å². The number of carbonyl (C=O) groups excluding carboxylic acids is 1. The molecular weight excluding hydrogens is 168 g/mol. The molecule has 4 nitrogen and oxygen atoms in total. The maximum atomic E-state index is 10.7. The van der Waals surface area contributed by atoms with Crippen molar-refractivity contribution in [2.75, 3.05) is 19.8 Å². The Bertz CT molecular complexity index is 167. The van der Waals surface area contributed by atoms with Crippen molar-refractivity contribution in [3.8, 4) is 0 Å². The zero-order chi connectivity index (χ0) is 9.68. The minimum atomic E-state index is -0.248. The van der Waals surface area contributed by atoms with Gasteiger partial charge in [0.1, 0.15) is 0 Å². The van der Waals surface area contributed by atoms with Crippen molar-refractivity contribution < 1.29 is 9.53 Å². The van der Waals surface area contributed by atoms with Crippen LogP contribution in [0.15, 0.2) is 0 Å². The summed E-state index contributed by atoms with van der Waals surface area (Å²) in [5, 5.41) is 0. The van der Waals surface area contributed by atoms with Gasteiger partial charge in [0.05, 0.1) is 0 Å². The highest BCUT2D eigenvalue weighted by Gasteiger charge is 2.23. The Hall–Kier alpha value is -0.610. The fourth-order valence-corrected chi connectivity index (χ4v) is 1.89. The number of hydrogen-bond donors (Lipinski definition) is 2. The lowest BCUT2D eigenvalue weighted by Crippen LogP contribution is -2.32. The molecule has 1 unspecified atom stereocenters. The van der Waals surface area contributed by atoms with Crippen LogP contribution in [-0.2, 0) is 9.53 Å². The average Bonchev–Trinajstić information content (AvgIpc) is 2.15. The van der Waals surface area contributed by atoms with Crippen LogP contribution in [0.25, 0.3) is 0 Å². The molecular formula is C9H18N2O2. The summed E-state index contributed by atoms with van der Waals surface area (Å²) in [7, 11) is 0. The Morgan fingerprint density at radius 1 is 1.46 bits per heavy atom. The fraction of sp³-hybridized carbons (Fsp3) is 0.889. The van der Waals surface area contributed by atoms with Crippen molar-refractivity contribution in [3.63, 3.8) is 0 Å². The highest BCUT2D eigenvalue weighted by atomic mass is 16.5. The SMILES string of the molecule is NCC(CC(N)=O)C1CCOCC1. The van der Waals surface area contributed by atoms with Crippen molar-refractivity contribution in [3.05, 3.63) is 0 Å². The first-order valence-corrected chi connectivity index (χ1v) is 4.80. The Morgan fingerprint density at radius 2 is 2.08 bits per heavy atom. The molecule has 0 saturated carbocycles. The van der Waals surface area contributed by atoms with Gasteiger partial charge in [-0.25, -0.2) is 0 Å². The monoisotopic (exact) mass is 186 g/mol. The molecule has 0 aromatic carbocycles. The van der Waals surface area contributed by atoms with Crippen molar-refractivity contribution >= 4 is 5.91 Å². The average molecular weight is 186 g/mol. The van der Waals surface area contributed by atoms with E-state index < -0.39 is 0 Å². The molecule has 1 rings (SSSR count). The van der Waals surface area contributed by atoms with Crippen LogP contribution in [-0.4, -0.2) is 25.7 Å². The molecule has 1 heterocycles. The molecule has 1 saturated heterocycles. The molecule has 0 aromatic rings. The number of nitrogens with two attached hydrogens (primary N) is 2. The number of ether oxygens (including phenoxy) is 1. The summed E-state index contributed by atoms with van der Waals surface area (Å²) in [4.78, 5) is 10.7. The van der Waals surface area contributed by atoms with Gasteiger partial charge in [-0.15, -0.1) is 0 Å². The van der Waals surface area contributed by atoms with E-state index in [0.29, 0.717) is 18.9 Å². The molecule has 4 heteroatoms. The molecule has 76 valence electrons. The normalized spacial score (nSPS) is 21.3. The summed E-state index contributed by atoms with van der Waals surface area (Å²) in [6.45, 7) is 2.13. The summed E-state index contributed by atoms with van der Waals surface area (Å²) in [5.74, 6) is 0.523. The topological polar surface area (TPSA) is 78.3 Å². The number of primary amides is 1. The van der Waals surface area contributed by atoms with Gasteiger partial charge in [-0.3, -0.25) is 4.79 Å². The standard InChI is InChI=1S/C9H18N2O2/c10-6-8(5-9(11)12)7-1-3-13-4-2-7/h7-8H,1-6,10H2,(H2,11,12). The van der Waals surface area contributed by atoms with E-state index in [2.05, 4.69) is 0 Å². The maximum Gasteiger partial charge on any atom is 0.217 e. The third-order valence-corrected chi connectivity index (χ3v) is 2.70. The molecule has 1 amide bonds. The molecule has 1 atom stereocenters. The van der Waals surface area contributed by atoms with E-state index in [4.69, 9.17) is 16.2 Å². The second-order valence-corrected chi connectivity index (χ2v) is 3.62. The molecule has 1 fully saturated rings. The summed E-state index contributed by atoms with van der Waals surface area (Å²) >= 11 is 0. The van der Waals surface area contributed by atoms with E-state index in [0.717, 1.165) is 26.1 Å².